The van der Waals surface area contributed by atoms with Gasteiger partial charge >= 0.3 is 0 Å². The molecule has 1 fully saturated rings. The van der Waals surface area contributed by atoms with Gasteiger partial charge in [-0.25, -0.2) is 0 Å². The number of piperidine rings is 1. The van der Waals surface area contributed by atoms with Crippen LogP contribution in [0.2, 0.25) is 0 Å². The lowest BCUT2D eigenvalue weighted by Gasteiger charge is -2.29. The fourth-order valence-corrected chi connectivity index (χ4v) is 2.68. The van der Waals surface area contributed by atoms with Gasteiger partial charge in [0.2, 0.25) is 0 Å². The summed E-state index contributed by atoms with van der Waals surface area (Å²) in [5.41, 5.74) is 0. The van der Waals surface area contributed by atoms with Crippen LogP contribution in [-0.2, 0) is 4.74 Å². The van der Waals surface area contributed by atoms with Crippen molar-refractivity contribution < 1.29 is 4.74 Å². The Morgan fingerprint density at radius 1 is 1.26 bits per heavy atom. The Bertz CT molecular complexity index is 309. The summed E-state index contributed by atoms with van der Waals surface area (Å²) in [4.78, 5) is 9.03. The van der Waals surface area contributed by atoms with E-state index in [-0.39, 0.29) is 24.0 Å². The molecule has 23 heavy (non-hydrogen) atoms. The molecule has 1 saturated heterocycles. The number of rotatable bonds is 9. The first-order valence-electron chi connectivity index (χ1n) is 8.46. The van der Waals surface area contributed by atoms with E-state index in [1.807, 2.05) is 7.05 Å². The lowest BCUT2D eigenvalue weighted by atomic mass is 9.97. The van der Waals surface area contributed by atoms with Gasteiger partial charge in [-0.1, -0.05) is 0 Å². The smallest absolute Gasteiger partial charge is 0.191 e. The highest BCUT2D eigenvalue weighted by molar-refractivity contribution is 14.0. The van der Waals surface area contributed by atoms with Gasteiger partial charge in [0, 0.05) is 46.9 Å². The highest BCUT2D eigenvalue weighted by Crippen LogP contribution is 2.14. The average molecular weight is 441 g/mol. The predicted molar refractivity (Wildman–Crippen MR) is 109 cm³/mol. The Kier molecular flexibility index (Phi) is 14.2. The number of likely N-dealkylation sites (N-methyl/N-ethyl adjacent to an activating group) is 1. The van der Waals surface area contributed by atoms with E-state index < -0.39 is 0 Å². The summed E-state index contributed by atoms with van der Waals surface area (Å²) in [6, 6.07) is 0. The number of guanidine groups is 1. The van der Waals surface area contributed by atoms with Gasteiger partial charge in [0.25, 0.3) is 0 Å². The van der Waals surface area contributed by atoms with Gasteiger partial charge < -0.3 is 25.2 Å². The number of nitrogens with one attached hydrogen (secondary N) is 2. The largest absolute Gasteiger partial charge is 0.385 e. The highest BCUT2D eigenvalue weighted by Gasteiger charge is 2.16. The summed E-state index contributed by atoms with van der Waals surface area (Å²) >= 11 is 0. The van der Waals surface area contributed by atoms with E-state index in [4.69, 9.17) is 4.74 Å². The van der Waals surface area contributed by atoms with Crippen LogP contribution in [0.4, 0.5) is 0 Å². The van der Waals surface area contributed by atoms with Crippen molar-refractivity contribution in [1.82, 2.24) is 20.4 Å². The number of aliphatic imine (C=N–C) groups is 1. The van der Waals surface area contributed by atoms with E-state index in [9.17, 15) is 0 Å². The lowest BCUT2D eigenvalue weighted by molar-refractivity contribution is 0.180. The van der Waals surface area contributed by atoms with E-state index in [1.54, 1.807) is 7.11 Å². The summed E-state index contributed by atoms with van der Waals surface area (Å²) in [5, 5.41) is 6.86. The number of hydrogen-bond acceptors (Lipinski definition) is 4. The predicted octanol–water partition coefficient (Wildman–Crippen LogP) is 1.08. The normalized spacial score (nSPS) is 17.2. The molecule has 0 aromatic heterocycles. The molecular formula is C16H36IN5O. The fraction of sp³-hybridized carbons (Fsp3) is 0.938. The quantitative estimate of drug-likeness (QED) is 0.243. The molecule has 138 valence electrons. The molecule has 0 bridgehead atoms. The summed E-state index contributed by atoms with van der Waals surface area (Å²) in [5.74, 6) is 1.69. The Morgan fingerprint density at radius 2 is 1.96 bits per heavy atom. The van der Waals surface area contributed by atoms with Crippen LogP contribution in [0.1, 0.15) is 19.3 Å². The molecule has 6 nitrogen and oxygen atoms in total. The lowest BCUT2D eigenvalue weighted by Crippen LogP contribution is -2.44. The van der Waals surface area contributed by atoms with E-state index in [1.165, 1.54) is 25.9 Å². The van der Waals surface area contributed by atoms with Crippen LogP contribution in [0.25, 0.3) is 0 Å². The van der Waals surface area contributed by atoms with Crippen LogP contribution in [0.15, 0.2) is 4.99 Å². The van der Waals surface area contributed by atoms with Crippen molar-refractivity contribution in [2.45, 2.75) is 19.3 Å². The molecule has 1 heterocycles. The van der Waals surface area contributed by atoms with Gasteiger partial charge in [0.1, 0.15) is 0 Å². The molecule has 1 rings (SSSR count). The first-order valence-corrected chi connectivity index (χ1v) is 8.46. The second-order valence-electron chi connectivity index (χ2n) is 6.28. The van der Waals surface area contributed by atoms with Crippen molar-refractivity contribution in [3.8, 4) is 0 Å². The minimum Gasteiger partial charge on any atom is -0.385 e. The Balaban J connectivity index is 0.00000484. The molecule has 0 aliphatic carbocycles. The van der Waals surface area contributed by atoms with E-state index in [0.29, 0.717) is 0 Å². The van der Waals surface area contributed by atoms with Crippen molar-refractivity contribution in [3.05, 3.63) is 0 Å². The van der Waals surface area contributed by atoms with Crippen molar-refractivity contribution in [3.63, 3.8) is 0 Å². The van der Waals surface area contributed by atoms with Gasteiger partial charge in [-0.2, -0.15) is 0 Å². The van der Waals surface area contributed by atoms with Gasteiger partial charge in [0.05, 0.1) is 0 Å². The van der Waals surface area contributed by atoms with Gasteiger partial charge in [-0.05, 0) is 52.4 Å². The molecule has 0 saturated carbocycles. The van der Waals surface area contributed by atoms with Crippen LogP contribution in [0.3, 0.4) is 0 Å². The molecule has 0 amide bonds. The summed E-state index contributed by atoms with van der Waals surface area (Å²) in [7, 11) is 7.94. The third-order valence-corrected chi connectivity index (χ3v) is 4.29. The van der Waals surface area contributed by atoms with Crippen LogP contribution in [0, 0.1) is 5.92 Å². The first-order chi connectivity index (χ1) is 10.7. The maximum atomic E-state index is 5.07. The number of methoxy groups -OCH3 is 1. The fourth-order valence-electron chi connectivity index (χ4n) is 2.68. The number of nitrogens with zero attached hydrogens (tertiary/aromatic N) is 3. The number of halogens is 1. The molecule has 2 N–H and O–H groups in total. The summed E-state index contributed by atoms with van der Waals surface area (Å²) in [6.07, 6.45) is 3.64. The molecule has 1 aliphatic heterocycles. The zero-order chi connectivity index (χ0) is 16.2. The Morgan fingerprint density at radius 3 is 2.57 bits per heavy atom. The van der Waals surface area contributed by atoms with Crippen LogP contribution in [-0.4, -0.2) is 89.9 Å². The van der Waals surface area contributed by atoms with Gasteiger partial charge in [-0.15, -0.1) is 24.0 Å². The Labute approximate surface area is 159 Å². The van der Waals surface area contributed by atoms with E-state index >= 15 is 0 Å². The van der Waals surface area contributed by atoms with Crippen molar-refractivity contribution in [1.29, 1.82) is 0 Å². The number of hydrogen-bond donors (Lipinski definition) is 2. The zero-order valence-corrected chi connectivity index (χ0v) is 17.6. The van der Waals surface area contributed by atoms with Gasteiger partial charge in [-0.3, -0.25) is 4.99 Å². The number of likely N-dealkylation sites (tertiary alicyclic amines) is 1. The van der Waals surface area contributed by atoms with E-state index in [0.717, 1.165) is 51.1 Å². The third-order valence-electron chi connectivity index (χ3n) is 4.29. The minimum absolute atomic E-state index is 0. The van der Waals surface area contributed by atoms with Crippen LogP contribution >= 0.6 is 24.0 Å². The average Bonchev–Trinajstić information content (AvgIpc) is 2.52. The second-order valence-corrected chi connectivity index (χ2v) is 6.28. The highest BCUT2D eigenvalue weighted by atomic mass is 127. The molecule has 0 radical (unpaired) electrons. The summed E-state index contributed by atoms with van der Waals surface area (Å²) < 4.78 is 5.07. The van der Waals surface area contributed by atoms with Crippen molar-refractivity contribution in [2.75, 3.05) is 74.1 Å². The zero-order valence-electron chi connectivity index (χ0n) is 15.3. The van der Waals surface area contributed by atoms with E-state index in [2.05, 4.69) is 39.5 Å². The molecule has 0 unspecified atom stereocenters. The molecule has 7 heteroatoms. The maximum Gasteiger partial charge on any atom is 0.191 e. The van der Waals surface area contributed by atoms with Gasteiger partial charge in [0.15, 0.2) is 5.96 Å². The molecule has 0 aromatic rings. The number of ether oxygens (including phenoxy) is 1. The van der Waals surface area contributed by atoms with Crippen molar-refractivity contribution in [2.24, 2.45) is 10.9 Å². The molecule has 1 aliphatic rings. The molecule has 0 atom stereocenters. The topological polar surface area (TPSA) is 52.1 Å². The molecular weight excluding hydrogens is 405 g/mol. The van der Waals surface area contributed by atoms with Crippen LogP contribution < -0.4 is 10.6 Å². The van der Waals surface area contributed by atoms with Crippen LogP contribution in [0.5, 0.6) is 0 Å². The standard InChI is InChI=1S/C16H35N5O.HI/c1-17-16(18-8-12-20(2)9-5-13-22-4)19-14-15-6-10-21(3)11-7-15;/h15H,5-14H2,1-4H3,(H2,17,18,19);1H. The first kappa shape index (κ1) is 22.9. The molecule has 0 aromatic carbocycles. The molecule has 0 spiro atoms. The monoisotopic (exact) mass is 441 g/mol. The maximum absolute atomic E-state index is 5.07. The third kappa shape index (κ3) is 11.1. The summed E-state index contributed by atoms with van der Waals surface area (Å²) in [6.45, 7) is 7.27. The SMILES string of the molecule is CN=C(NCCN(C)CCCOC)NCC1CCN(C)CC1.I. The Hall–Kier alpha value is -0.120. The van der Waals surface area contributed by atoms with Crippen molar-refractivity contribution >= 4 is 29.9 Å². The second kappa shape index (κ2) is 14.2. The minimum atomic E-state index is 0.